The van der Waals surface area contributed by atoms with Crippen molar-refractivity contribution in [2.24, 2.45) is 5.92 Å². The van der Waals surface area contributed by atoms with Crippen LogP contribution in [-0.4, -0.2) is 47.3 Å². The number of H-pyrrole nitrogens is 1. The van der Waals surface area contributed by atoms with Gasteiger partial charge in [-0.25, -0.2) is 13.4 Å². The lowest BCUT2D eigenvalue weighted by Crippen LogP contribution is -2.36. The molecule has 12 heteroatoms. The van der Waals surface area contributed by atoms with Gasteiger partial charge in [0.25, 0.3) is 5.69 Å². The molecule has 0 spiro atoms. The van der Waals surface area contributed by atoms with Gasteiger partial charge in [0, 0.05) is 31.5 Å². The summed E-state index contributed by atoms with van der Waals surface area (Å²) in [6.45, 7) is 0.758. The van der Waals surface area contributed by atoms with Crippen molar-refractivity contribution >= 4 is 21.2 Å². The summed E-state index contributed by atoms with van der Waals surface area (Å²) < 4.78 is 48.6. The summed E-state index contributed by atoms with van der Waals surface area (Å²) in [4.78, 5) is 18.4. The van der Waals surface area contributed by atoms with E-state index in [0.717, 1.165) is 6.07 Å². The van der Waals surface area contributed by atoms with Crippen LogP contribution in [0.25, 0.3) is 0 Å². The molecule has 1 aliphatic heterocycles. The van der Waals surface area contributed by atoms with Gasteiger partial charge in [-0.2, -0.15) is 8.78 Å². The van der Waals surface area contributed by atoms with Gasteiger partial charge < -0.3 is 15.0 Å². The van der Waals surface area contributed by atoms with Gasteiger partial charge in [0.2, 0.25) is 9.84 Å². The minimum absolute atomic E-state index is 0.0973. The Kier molecular flexibility index (Phi) is 5.61. The number of rotatable bonds is 6. The molecule has 1 fully saturated rings. The highest BCUT2D eigenvalue weighted by atomic mass is 32.2. The lowest BCUT2D eigenvalue weighted by atomic mass is 9.90. The Morgan fingerprint density at radius 1 is 1.32 bits per heavy atom. The van der Waals surface area contributed by atoms with Crippen LogP contribution in [0.3, 0.4) is 0 Å². The van der Waals surface area contributed by atoms with E-state index in [-0.39, 0.29) is 11.6 Å². The zero-order chi connectivity index (χ0) is 20.5. The minimum Gasteiger partial charge on any atom is -0.385 e. The van der Waals surface area contributed by atoms with E-state index in [9.17, 15) is 32.4 Å². The van der Waals surface area contributed by atoms with Gasteiger partial charge in [0.05, 0.1) is 9.82 Å². The first-order valence-corrected chi connectivity index (χ1v) is 9.99. The molecule has 2 aromatic rings. The maximum absolute atomic E-state index is 12.7. The largest absolute Gasteiger partial charge is 0.385 e. The topological polar surface area (TPSA) is 129 Å². The van der Waals surface area contributed by atoms with Crippen molar-refractivity contribution in [1.29, 1.82) is 0 Å². The number of alkyl halides is 2. The van der Waals surface area contributed by atoms with Crippen LogP contribution in [0.1, 0.15) is 24.8 Å². The number of hydrogen-bond acceptors (Lipinski definition) is 7. The second-order valence-electron chi connectivity index (χ2n) is 6.46. The molecule has 2 heterocycles. The van der Waals surface area contributed by atoms with Crippen LogP contribution in [-0.2, 0) is 9.84 Å². The van der Waals surface area contributed by atoms with Crippen molar-refractivity contribution in [2.75, 3.05) is 18.0 Å². The Morgan fingerprint density at radius 3 is 2.54 bits per heavy atom. The monoisotopic (exact) mass is 416 g/mol. The molecule has 0 radical (unpaired) electrons. The summed E-state index contributed by atoms with van der Waals surface area (Å²) >= 11 is 0. The molecule has 3 rings (SSSR count). The molecular formula is C16H18F2N4O5S. The minimum atomic E-state index is -4.93. The Balaban J connectivity index is 1.80. The third-order valence-electron chi connectivity index (χ3n) is 4.83. The van der Waals surface area contributed by atoms with E-state index in [1.165, 1.54) is 12.3 Å². The molecule has 9 nitrogen and oxygen atoms in total. The summed E-state index contributed by atoms with van der Waals surface area (Å²) in [7, 11) is -4.93. The molecule has 0 saturated carbocycles. The predicted molar refractivity (Wildman–Crippen MR) is 94.8 cm³/mol. The number of piperidine rings is 1. The van der Waals surface area contributed by atoms with Gasteiger partial charge in [-0.05, 0) is 30.9 Å². The number of imidazole rings is 1. The first kappa shape index (κ1) is 20.1. The van der Waals surface area contributed by atoms with Crippen molar-refractivity contribution in [3.8, 4) is 0 Å². The average molecular weight is 416 g/mol. The first-order chi connectivity index (χ1) is 13.2. The fourth-order valence-electron chi connectivity index (χ4n) is 3.32. The molecule has 1 aromatic carbocycles. The van der Waals surface area contributed by atoms with Crippen LogP contribution in [0, 0.1) is 16.0 Å². The molecular weight excluding hydrogens is 398 g/mol. The van der Waals surface area contributed by atoms with E-state index in [0.29, 0.717) is 37.8 Å². The highest BCUT2D eigenvalue weighted by Crippen LogP contribution is 2.36. The van der Waals surface area contributed by atoms with E-state index >= 15 is 0 Å². The summed E-state index contributed by atoms with van der Waals surface area (Å²) in [5.74, 6) is -3.30. The van der Waals surface area contributed by atoms with Crippen LogP contribution < -0.4 is 4.90 Å². The maximum atomic E-state index is 12.7. The van der Waals surface area contributed by atoms with E-state index < -0.39 is 37.2 Å². The molecule has 1 aliphatic rings. The second kappa shape index (κ2) is 7.80. The molecule has 28 heavy (non-hydrogen) atoms. The first-order valence-electron chi connectivity index (χ1n) is 8.44. The fraction of sp³-hybridized carbons (Fsp3) is 0.438. The number of aromatic amines is 1. The van der Waals surface area contributed by atoms with Crippen molar-refractivity contribution in [1.82, 2.24) is 9.97 Å². The SMILES string of the molecule is O=[N+]([O-])c1cc(S(=O)(=O)C(F)F)ccc1N1CCC(C(O)c2ncc[nH]2)CC1. The number of aliphatic hydroxyl groups excluding tert-OH is 1. The van der Waals surface area contributed by atoms with E-state index in [2.05, 4.69) is 9.97 Å². The number of halogens is 2. The number of sulfone groups is 1. The van der Waals surface area contributed by atoms with E-state index in [1.807, 2.05) is 0 Å². The Labute approximate surface area is 159 Å². The van der Waals surface area contributed by atoms with Crippen LogP contribution >= 0.6 is 0 Å². The van der Waals surface area contributed by atoms with Crippen LogP contribution in [0.2, 0.25) is 0 Å². The van der Waals surface area contributed by atoms with E-state index in [4.69, 9.17) is 0 Å². The van der Waals surface area contributed by atoms with Gasteiger partial charge in [0.1, 0.15) is 17.6 Å². The zero-order valence-corrected chi connectivity index (χ0v) is 15.3. The van der Waals surface area contributed by atoms with Gasteiger partial charge in [0.15, 0.2) is 0 Å². The molecule has 152 valence electrons. The number of nitro benzene ring substituents is 1. The summed E-state index contributed by atoms with van der Waals surface area (Å²) in [6, 6.07) is 2.80. The summed E-state index contributed by atoms with van der Waals surface area (Å²) in [5.41, 5.74) is -0.393. The standard InChI is InChI=1S/C16H18F2N4O5S/c17-16(18)28(26,27)11-1-2-12(13(9-11)22(24)25)21-7-3-10(4-8-21)14(23)15-19-5-6-20-15/h1-2,5-6,9-10,14,16,23H,3-4,7-8H2,(H,19,20). The van der Waals surface area contributed by atoms with Crippen molar-refractivity contribution < 1.29 is 27.2 Å². The smallest absolute Gasteiger partial charge is 0.341 e. The van der Waals surface area contributed by atoms with Crippen LogP contribution in [0.15, 0.2) is 35.5 Å². The molecule has 0 bridgehead atoms. The van der Waals surface area contributed by atoms with Gasteiger partial charge in [-0.3, -0.25) is 10.1 Å². The highest BCUT2D eigenvalue weighted by molar-refractivity contribution is 7.91. The molecule has 2 N–H and O–H groups in total. The molecule has 0 amide bonds. The van der Waals surface area contributed by atoms with Gasteiger partial charge in [-0.15, -0.1) is 0 Å². The van der Waals surface area contributed by atoms with Crippen molar-refractivity contribution in [3.05, 3.63) is 46.5 Å². The maximum Gasteiger partial charge on any atom is 0.341 e. The number of hydrogen-bond donors (Lipinski definition) is 2. The Hall–Kier alpha value is -2.60. The van der Waals surface area contributed by atoms with Gasteiger partial charge in [-0.1, -0.05) is 0 Å². The van der Waals surface area contributed by atoms with Crippen molar-refractivity contribution in [3.63, 3.8) is 0 Å². The lowest BCUT2D eigenvalue weighted by Gasteiger charge is -2.34. The number of benzene rings is 1. The third-order valence-corrected chi connectivity index (χ3v) is 6.21. The number of nitrogens with one attached hydrogen (secondary N) is 1. The summed E-state index contributed by atoms with van der Waals surface area (Å²) in [6.07, 6.45) is 3.40. The second-order valence-corrected chi connectivity index (χ2v) is 8.37. The zero-order valence-electron chi connectivity index (χ0n) is 14.5. The van der Waals surface area contributed by atoms with Crippen LogP contribution in [0.4, 0.5) is 20.2 Å². The molecule has 0 aliphatic carbocycles. The van der Waals surface area contributed by atoms with Crippen molar-refractivity contribution in [2.45, 2.75) is 29.6 Å². The fourth-order valence-corrected chi connectivity index (χ4v) is 4.05. The quantitative estimate of drug-likeness (QED) is 0.546. The Morgan fingerprint density at radius 2 is 2.00 bits per heavy atom. The number of nitro groups is 1. The van der Waals surface area contributed by atoms with E-state index in [1.54, 1.807) is 11.1 Å². The normalized spacial score (nSPS) is 17.1. The number of nitrogens with zero attached hydrogens (tertiary/aromatic N) is 3. The predicted octanol–water partition coefficient (Wildman–Crippen LogP) is 2.26. The third kappa shape index (κ3) is 3.83. The molecule has 1 atom stereocenters. The molecule has 1 aromatic heterocycles. The number of anilines is 1. The molecule has 1 saturated heterocycles. The summed E-state index contributed by atoms with van der Waals surface area (Å²) in [5, 5.41) is 21.7. The van der Waals surface area contributed by atoms with Crippen LogP contribution in [0.5, 0.6) is 0 Å². The highest BCUT2D eigenvalue weighted by Gasteiger charge is 2.33. The lowest BCUT2D eigenvalue weighted by molar-refractivity contribution is -0.384. The number of aromatic nitrogens is 2. The average Bonchev–Trinajstić information content (AvgIpc) is 3.21. The number of aliphatic hydroxyl groups is 1. The Bertz CT molecular complexity index is 944. The van der Waals surface area contributed by atoms with Gasteiger partial charge >= 0.3 is 5.76 Å². The molecule has 1 unspecified atom stereocenters.